The molecule has 3 rings (SSSR count). The van der Waals surface area contributed by atoms with E-state index < -0.39 is 0 Å². The third kappa shape index (κ3) is 1.78. The highest BCUT2D eigenvalue weighted by Gasteiger charge is 2.22. The molecule has 2 aromatic rings. The molecule has 0 saturated carbocycles. The van der Waals surface area contributed by atoms with Crippen LogP contribution in [0.5, 0.6) is 0 Å². The molecule has 1 unspecified atom stereocenters. The zero-order valence-electron chi connectivity index (χ0n) is 10.5. The zero-order valence-corrected chi connectivity index (χ0v) is 10.5. The Morgan fingerprint density at radius 1 is 1.33 bits per heavy atom. The average Bonchev–Trinajstić information content (AvgIpc) is 3.02. The molecule has 1 fully saturated rings. The van der Waals surface area contributed by atoms with E-state index in [9.17, 15) is 0 Å². The summed E-state index contributed by atoms with van der Waals surface area (Å²) in [5.41, 5.74) is 9.58. The summed E-state index contributed by atoms with van der Waals surface area (Å²) in [5.74, 6) is 1.18. The van der Waals surface area contributed by atoms with E-state index in [-0.39, 0.29) is 0 Å². The Hall–Kier alpha value is -1.81. The van der Waals surface area contributed by atoms with Crippen LogP contribution in [0.4, 0.5) is 5.82 Å². The van der Waals surface area contributed by atoms with Crippen LogP contribution in [0.15, 0.2) is 30.5 Å². The molecular formula is C14H17N3O. The summed E-state index contributed by atoms with van der Waals surface area (Å²) in [6.45, 7) is 1.65. The predicted molar refractivity (Wildman–Crippen MR) is 71.2 cm³/mol. The van der Waals surface area contributed by atoms with Crippen molar-refractivity contribution in [3.05, 3.63) is 36.0 Å². The van der Waals surface area contributed by atoms with Gasteiger partial charge in [-0.05, 0) is 17.5 Å². The van der Waals surface area contributed by atoms with Crippen molar-refractivity contribution in [2.75, 3.05) is 18.9 Å². The van der Waals surface area contributed by atoms with Crippen LogP contribution in [-0.4, -0.2) is 23.0 Å². The van der Waals surface area contributed by atoms with E-state index in [2.05, 4.69) is 23.3 Å². The maximum atomic E-state index is 6.07. The van der Waals surface area contributed by atoms with Crippen molar-refractivity contribution in [1.29, 1.82) is 0 Å². The second kappa shape index (κ2) is 4.46. The first kappa shape index (κ1) is 11.3. The van der Waals surface area contributed by atoms with Crippen molar-refractivity contribution in [2.24, 2.45) is 7.05 Å². The van der Waals surface area contributed by atoms with Gasteiger partial charge in [0.2, 0.25) is 0 Å². The molecule has 4 heteroatoms. The number of hydrogen-bond donors (Lipinski definition) is 1. The van der Waals surface area contributed by atoms with E-state index in [0.717, 1.165) is 25.2 Å². The van der Waals surface area contributed by atoms with Crippen LogP contribution in [-0.2, 0) is 11.8 Å². The van der Waals surface area contributed by atoms with Crippen molar-refractivity contribution < 1.29 is 4.74 Å². The van der Waals surface area contributed by atoms with Crippen molar-refractivity contribution in [3.63, 3.8) is 0 Å². The first-order chi connectivity index (χ1) is 8.77. The fourth-order valence-electron chi connectivity index (χ4n) is 2.53. The zero-order chi connectivity index (χ0) is 12.5. The predicted octanol–water partition coefficient (Wildman–Crippen LogP) is 2.17. The minimum atomic E-state index is 0.473. The van der Waals surface area contributed by atoms with Gasteiger partial charge in [0.15, 0.2) is 0 Å². The molecule has 1 atom stereocenters. The second-order valence-electron chi connectivity index (χ2n) is 4.71. The number of nitrogen functional groups attached to an aromatic ring is 1. The van der Waals surface area contributed by atoms with Gasteiger partial charge in [-0.25, -0.2) is 0 Å². The van der Waals surface area contributed by atoms with E-state index in [1.165, 1.54) is 11.1 Å². The monoisotopic (exact) mass is 243 g/mol. The van der Waals surface area contributed by atoms with Gasteiger partial charge < -0.3 is 10.5 Å². The number of nitrogens with zero attached hydrogens (tertiary/aromatic N) is 2. The van der Waals surface area contributed by atoms with Crippen LogP contribution in [0.3, 0.4) is 0 Å². The lowest BCUT2D eigenvalue weighted by Gasteiger charge is -2.13. The molecule has 0 spiro atoms. The Morgan fingerprint density at radius 2 is 2.17 bits per heavy atom. The van der Waals surface area contributed by atoms with Gasteiger partial charge in [-0.1, -0.05) is 24.3 Å². The van der Waals surface area contributed by atoms with Crippen LogP contribution in [0, 0.1) is 0 Å². The highest BCUT2D eigenvalue weighted by Crippen LogP contribution is 2.35. The number of nitrogens with two attached hydrogens (primary N) is 1. The molecule has 4 nitrogen and oxygen atoms in total. The summed E-state index contributed by atoms with van der Waals surface area (Å²) in [6.07, 6.45) is 2.92. The molecule has 94 valence electrons. The number of rotatable bonds is 2. The third-order valence-electron chi connectivity index (χ3n) is 3.61. The molecule has 1 aliphatic heterocycles. The lowest BCUT2D eigenvalue weighted by Crippen LogP contribution is -2.02. The van der Waals surface area contributed by atoms with E-state index in [0.29, 0.717) is 11.7 Å². The lowest BCUT2D eigenvalue weighted by molar-refractivity contribution is 0.194. The van der Waals surface area contributed by atoms with Gasteiger partial charge in [-0.3, -0.25) is 4.68 Å². The Kier molecular flexibility index (Phi) is 2.80. The van der Waals surface area contributed by atoms with Gasteiger partial charge in [-0.15, -0.1) is 0 Å². The highest BCUT2D eigenvalue weighted by atomic mass is 16.5. The van der Waals surface area contributed by atoms with Gasteiger partial charge >= 0.3 is 0 Å². The molecule has 2 heterocycles. The third-order valence-corrected chi connectivity index (χ3v) is 3.61. The highest BCUT2D eigenvalue weighted by molar-refractivity contribution is 5.76. The van der Waals surface area contributed by atoms with E-state index in [1.807, 2.05) is 19.3 Å². The summed E-state index contributed by atoms with van der Waals surface area (Å²) < 4.78 is 7.19. The van der Waals surface area contributed by atoms with Crippen molar-refractivity contribution in [2.45, 2.75) is 12.3 Å². The summed E-state index contributed by atoms with van der Waals surface area (Å²) in [5, 5.41) is 4.22. The van der Waals surface area contributed by atoms with Crippen LogP contribution in [0.1, 0.15) is 17.9 Å². The molecule has 1 aromatic heterocycles. The van der Waals surface area contributed by atoms with Gasteiger partial charge in [0.05, 0.1) is 12.8 Å². The summed E-state index contributed by atoms with van der Waals surface area (Å²) in [4.78, 5) is 0. The van der Waals surface area contributed by atoms with E-state index >= 15 is 0 Å². The Labute approximate surface area is 106 Å². The Balaban J connectivity index is 2.08. The number of anilines is 1. The number of aryl methyl sites for hydroxylation is 1. The first-order valence-electron chi connectivity index (χ1n) is 6.22. The Morgan fingerprint density at radius 3 is 2.83 bits per heavy atom. The topological polar surface area (TPSA) is 53.1 Å². The van der Waals surface area contributed by atoms with Crippen LogP contribution in [0.25, 0.3) is 11.1 Å². The fraction of sp³-hybridized carbons (Fsp3) is 0.357. The molecule has 0 radical (unpaired) electrons. The number of ether oxygens (including phenoxy) is 1. The normalized spacial score (nSPS) is 19.3. The molecule has 18 heavy (non-hydrogen) atoms. The van der Waals surface area contributed by atoms with E-state index in [1.54, 1.807) is 4.68 Å². The van der Waals surface area contributed by atoms with Gasteiger partial charge in [-0.2, -0.15) is 5.10 Å². The molecule has 2 N–H and O–H groups in total. The molecule has 1 aliphatic rings. The molecule has 0 aliphatic carbocycles. The van der Waals surface area contributed by atoms with Crippen molar-refractivity contribution >= 4 is 5.82 Å². The van der Waals surface area contributed by atoms with Crippen LogP contribution < -0.4 is 5.73 Å². The van der Waals surface area contributed by atoms with Gasteiger partial charge in [0, 0.05) is 25.1 Å². The Bertz CT molecular complexity index is 556. The molecule has 0 bridgehead atoms. The standard InChI is InChI=1S/C14H17N3O/c1-17-14(15)13(8-16-17)12-5-3-2-4-11(12)10-6-7-18-9-10/h2-5,8,10H,6-7,9,15H2,1H3. The largest absolute Gasteiger partial charge is 0.383 e. The number of benzene rings is 1. The van der Waals surface area contributed by atoms with Gasteiger partial charge in [0.25, 0.3) is 0 Å². The number of hydrogen-bond acceptors (Lipinski definition) is 3. The van der Waals surface area contributed by atoms with Crippen LogP contribution in [0.2, 0.25) is 0 Å². The lowest BCUT2D eigenvalue weighted by atomic mass is 9.91. The van der Waals surface area contributed by atoms with Crippen molar-refractivity contribution in [3.8, 4) is 11.1 Å². The second-order valence-corrected chi connectivity index (χ2v) is 4.71. The molecule has 1 saturated heterocycles. The van der Waals surface area contributed by atoms with Crippen LogP contribution >= 0.6 is 0 Å². The van der Waals surface area contributed by atoms with Crippen molar-refractivity contribution in [1.82, 2.24) is 9.78 Å². The molecule has 0 amide bonds. The maximum Gasteiger partial charge on any atom is 0.129 e. The smallest absolute Gasteiger partial charge is 0.129 e. The number of aromatic nitrogens is 2. The first-order valence-corrected chi connectivity index (χ1v) is 6.22. The summed E-state index contributed by atoms with van der Waals surface area (Å²) in [6, 6.07) is 8.40. The average molecular weight is 243 g/mol. The molecule has 1 aromatic carbocycles. The van der Waals surface area contributed by atoms with E-state index in [4.69, 9.17) is 10.5 Å². The minimum Gasteiger partial charge on any atom is -0.383 e. The minimum absolute atomic E-state index is 0.473. The SMILES string of the molecule is Cn1ncc(-c2ccccc2C2CCOC2)c1N. The molecular weight excluding hydrogens is 226 g/mol. The quantitative estimate of drug-likeness (QED) is 0.879. The van der Waals surface area contributed by atoms with Gasteiger partial charge in [0.1, 0.15) is 5.82 Å². The maximum absolute atomic E-state index is 6.07. The summed E-state index contributed by atoms with van der Waals surface area (Å²) in [7, 11) is 1.86. The fourth-order valence-corrected chi connectivity index (χ4v) is 2.53. The summed E-state index contributed by atoms with van der Waals surface area (Å²) >= 11 is 0.